The molecule has 3 fully saturated rings. The van der Waals surface area contributed by atoms with Gasteiger partial charge in [0.15, 0.2) is 5.79 Å². The monoisotopic (exact) mass is 335 g/mol. The lowest BCUT2D eigenvalue weighted by molar-refractivity contribution is -0.205. The van der Waals surface area contributed by atoms with E-state index in [-0.39, 0.29) is 11.2 Å². The molecular weight excluding hydrogens is 310 g/mol. The highest BCUT2D eigenvalue weighted by Gasteiger charge is 2.50. The number of piperidine rings is 1. The number of hydrogen-bond donors (Lipinski definition) is 0. The quantitative estimate of drug-likeness (QED) is 0.767. The third kappa shape index (κ3) is 3.05. The van der Waals surface area contributed by atoms with Gasteiger partial charge >= 0.3 is 0 Å². The zero-order chi connectivity index (χ0) is 15.9. The lowest BCUT2D eigenvalue weighted by Crippen LogP contribution is -2.59. The molecular formula is C19H26ClNO2. The molecule has 0 radical (unpaired) electrons. The molecule has 1 aromatic rings. The number of hydrogen-bond acceptors (Lipinski definition) is 3. The fraction of sp³-hybridized carbons (Fsp3) is 0.684. The molecule has 1 saturated carbocycles. The van der Waals surface area contributed by atoms with Crippen molar-refractivity contribution < 1.29 is 9.47 Å². The van der Waals surface area contributed by atoms with E-state index < -0.39 is 0 Å². The van der Waals surface area contributed by atoms with Gasteiger partial charge in [0.25, 0.3) is 0 Å². The Hall–Kier alpha value is -0.610. The summed E-state index contributed by atoms with van der Waals surface area (Å²) in [7, 11) is 0. The van der Waals surface area contributed by atoms with E-state index in [0.29, 0.717) is 18.0 Å². The van der Waals surface area contributed by atoms with Gasteiger partial charge in [-0.3, -0.25) is 4.90 Å². The average molecular weight is 336 g/mol. The summed E-state index contributed by atoms with van der Waals surface area (Å²) in [5.41, 5.74) is 1.36. The Bertz CT molecular complexity index is 531. The Morgan fingerprint density at radius 2 is 1.96 bits per heavy atom. The molecule has 3 nitrogen and oxygen atoms in total. The second-order valence-corrected chi connectivity index (χ2v) is 7.89. The first-order chi connectivity index (χ1) is 11.2. The van der Waals surface area contributed by atoms with E-state index in [9.17, 15) is 0 Å². The van der Waals surface area contributed by atoms with Gasteiger partial charge < -0.3 is 9.47 Å². The molecule has 2 heterocycles. The molecule has 2 aliphatic heterocycles. The van der Waals surface area contributed by atoms with Crippen LogP contribution in [0.1, 0.15) is 38.2 Å². The van der Waals surface area contributed by atoms with Gasteiger partial charge in [0.1, 0.15) is 0 Å². The van der Waals surface area contributed by atoms with Gasteiger partial charge in [-0.2, -0.15) is 0 Å². The summed E-state index contributed by atoms with van der Waals surface area (Å²) in [6, 6.07) is 11.6. The minimum Gasteiger partial charge on any atom is -0.347 e. The van der Waals surface area contributed by atoms with Crippen molar-refractivity contribution >= 4 is 11.6 Å². The minimum atomic E-state index is -0.324. The third-order valence-corrected chi connectivity index (χ3v) is 6.53. The fourth-order valence-electron chi connectivity index (χ4n) is 4.66. The largest absolute Gasteiger partial charge is 0.347 e. The average Bonchev–Trinajstić information content (AvgIpc) is 3.02. The fourth-order valence-corrected chi connectivity index (χ4v) is 5.03. The van der Waals surface area contributed by atoms with Crippen LogP contribution in [0.15, 0.2) is 30.3 Å². The Morgan fingerprint density at radius 1 is 1.22 bits per heavy atom. The SMILES string of the molecule is C[C@H]1[C@H](Cl)C[C@@H]2CCC3(C[C@@H]2N1Cc1ccccc1)OCCO3. The minimum absolute atomic E-state index is 0.236. The Labute approximate surface area is 143 Å². The van der Waals surface area contributed by atoms with Crippen molar-refractivity contribution in [1.82, 2.24) is 4.90 Å². The van der Waals surface area contributed by atoms with Crippen LogP contribution >= 0.6 is 11.6 Å². The van der Waals surface area contributed by atoms with Crippen molar-refractivity contribution in [2.45, 2.75) is 62.4 Å². The molecule has 0 bridgehead atoms. The summed E-state index contributed by atoms with van der Waals surface area (Å²) in [5.74, 6) is 0.338. The van der Waals surface area contributed by atoms with Gasteiger partial charge in [-0.05, 0) is 31.2 Å². The van der Waals surface area contributed by atoms with Crippen LogP contribution in [0.3, 0.4) is 0 Å². The van der Waals surface area contributed by atoms with E-state index >= 15 is 0 Å². The molecule has 3 aliphatic rings. The molecule has 0 amide bonds. The van der Waals surface area contributed by atoms with Crippen molar-refractivity contribution in [3.8, 4) is 0 Å². The number of nitrogens with zero attached hydrogens (tertiary/aromatic N) is 1. The van der Waals surface area contributed by atoms with E-state index in [1.165, 1.54) is 5.56 Å². The number of fused-ring (bicyclic) bond motifs is 1. The molecule has 1 aromatic carbocycles. The third-order valence-electron chi connectivity index (χ3n) is 5.98. The van der Waals surface area contributed by atoms with Crippen LogP contribution in [0.25, 0.3) is 0 Å². The molecule has 126 valence electrons. The van der Waals surface area contributed by atoms with Crippen LogP contribution in [0, 0.1) is 5.92 Å². The maximum absolute atomic E-state index is 6.69. The van der Waals surface area contributed by atoms with E-state index in [0.717, 1.165) is 45.4 Å². The van der Waals surface area contributed by atoms with Gasteiger partial charge in [0.05, 0.1) is 13.2 Å². The first kappa shape index (κ1) is 15.9. The summed E-state index contributed by atoms with van der Waals surface area (Å²) < 4.78 is 12.0. The molecule has 23 heavy (non-hydrogen) atoms. The number of alkyl halides is 1. The first-order valence-corrected chi connectivity index (χ1v) is 9.32. The van der Waals surface area contributed by atoms with E-state index in [4.69, 9.17) is 21.1 Å². The van der Waals surface area contributed by atoms with Crippen molar-refractivity contribution in [3.05, 3.63) is 35.9 Å². The molecule has 4 atom stereocenters. The van der Waals surface area contributed by atoms with Gasteiger partial charge in [-0.1, -0.05) is 30.3 Å². The summed E-state index contributed by atoms with van der Waals surface area (Å²) >= 11 is 6.69. The lowest BCUT2D eigenvalue weighted by Gasteiger charge is -2.52. The molecule has 0 N–H and O–H groups in total. The van der Waals surface area contributed by atoms with Crippen LogP contribution in [-0.2, 0) is 16.0 Å². The molecule has 4 heteroatoms. The van der Waals surface area contributed by atoms with Crippen molar-refractivity contribution in [1.29, 1.82) is 0 Å². The number of halogens is 1. The van der Waals surface area contributed by atoms with Crippen LogP contribution < -0.4 is 0 Å². The van der Waals surface area contributed by atoms with Crippen LogP contribution in [0.4, 0.5) is 0 Å². The summed E-state index contributed by atoms with van der Waals surface area (Å²) in [5, 5.41) is 0.236. The number of ether oxygens (including phenoxy) is 2. The maximum Gasteiger partial charge on any atom is 0.170 e. The Morgan fingerprint density at radius 3 is 2.70 bits per heavy atom. The van der Waals surface area contributed by atoms with E-state index in [2.05, 4.69) is 42.2 Å². The topological polar surface area (TPSA) is 21.7 Å². The number of likely N-dealkylation sites (tertiary alicyclic amines) is 1. The summed E-state index contributed by atoms with van der Waals surface area (Å²) in [6.45, 7) is 4.71. The molecule has 1 spiro atoms. The zero-order valence-electron chi connectivity index (χ0n) is 13.8. The second-order valence-electron chi connectivity index (χ2n) is 7.33. The smallest absolute Gasteiger partial charge is 0.170 e. The summed E-state index contributed by atoms with van der Waals surface area (Å²) in [6.07, 6.45) is 4.28. The van der Waals surface area contributed by atoms with Crippen LogP contribution in [-0.4, -0.2) is 41.4 Å². The second kappa shape index (κ2) is 6.36. The molecule has 0 unspecified atom stereocenters. The highest BCUT2D eigenvalue weighted by Crippen LogP contribution is 2.46. The summed E-state index contributed by atoms with van der Waals surface area (Å²) in [4.78, 5) is 2.60. The molecule has 4 rings (SSSR count). The molecule has 0 aromatic heterocycles. The predicted molar refractivity (Wildman–Crippen MR) is 91.5 cm³/mol. The van der Waals surface area contributed by atoms with Crippen LogP contribution in [0.2, 0.25) is 0 Å². The standard InChI is InChI=1S/C19H26ClNO2/c1-14-17(20)11-16-7-8-19(22-9-10-23-19)12-18(16)21(14)13-15-5-3-2-4-6-15/h2-6,14,16-18H,7-13H2,1H3/t14-,16-,17+,18-/m0/s1. The maximum atomic E-state index is 6.69. The van der Waals surface area contributed by atoms with Gasteiger partial charge in [0.2, 0.25) is 0 Å². The highest BCUT2D eigenvalue weighted by molar-refractivity contribution is 6.21. The van der Waals surface area contributed by atoms with Gasteiger partial charge in [-0.25, -0.2) is 0 Å². The Balaban J connectivity index is 1.58. The first-order valence-electron chi connectivity index (χ1n) is 8.88. The molecule has 2 saturated heterocycles. The Kier molecular flexibility index (Phi) is 4.39. The van der Waals surface area contributed by atoms with Crippen molar-refractivity contribution in [2.75, 3.05) is 13.2 Å². The van der Waals surface area contributed by atoms with Gasteiger partial charge in [-0.15, -0.1) is 11.6 Å². The highest BCUT2D eigenvalue weighted by atomic mass is 35.5. The predicted octanol–water partition coefficient (Wildman–Crippen LogP) is 3.80. The zero-order valence-corrected chi connectivity index (χ0v) is 14.5. The van der Waals surface area contributed by atoms with Gasteiger partial charge in [0, 0.05) is 36.8 Å². The number of rotatable bonds is 2. The van der Waals surface area contributed by atoms with Crippen molar-refractivity contribution in [3.63, 3.8) is 0 Å². The molecule has 1 aliphatic carbocycles. The normalized spacial score (nSPS) is 37.0. The van der Waals surface area contributed by atoms with Crippen molar-refractivity contribution in [2.24, 2.45) is 5.92 Å². The lowest BCUT2D eigenvalue weighted by atomic mass is 9.73. The van der Waals surface area contributed by atoms with E-state index in [1.54, 1.807) is 0 Å². The van der Waals surface area contributed by atoms with E-state index in [1.807, 2.05) is 0 Å². The number of benzene rings is 1. The van der Waals surface area contributed by atoms with Crippen LogP contribution in [0.5, 0.6) is 0 Å².